The predicted octanol–water partition coefficient (Wildman–Crippen LogP) is 0.996. The first-order valence-corrected chi connectivity index (χ1v) is 6.69. The highest BCUT2D eigenvalue weighted by atomic mass is 16.5. The van der Waals surface area contributed by atoms with Gasteiger partial charge in [-0.15, -0.1) is 0 Å². The standard InChI is InChI=1S/C14H19N3O2/c1-16-14(18)9-2-5-13(12(15)6-9)17-7-10-3-4-11(8-17)19-10/h2,5-6,10-11H,3-4,7-8,15H2,1H3,(H,16,18). The molecule has 2 unspecified atom stereocenters. The van der Waals surface area contributed by atoms with Crippen molar-refractivity contribution in [2.24, 2.45) is 0 Å². The monoisotopic (exact) mass is 261 g/mol. The second-order valence-electron chi connectivity index (χ2n) is 5.22. The van der Waals surface area contributed by atoms with E-state index in [1.807, 2.05) is 12.1 Å². The zero-order valence-corrected chi connectivity index (χ0v) is 11.1. The number of nitrogens with one attached hydrogen (secondary N) is 1. The number of morpholine rings is 1. The van der Waals surface area contributed by atoms with Crippen LogP contribution in [0.1, 0.15) is 23.2 Å². The van der Waals surface area contributed by atoms with E-state index in [0.717, 1.165) is 31.6 Å². The first-order valence-electron chi connectivity index (χ1n) is 6.69. The molecular weight excluding hydrogens is 242 g/mol. The maximum absolute atomic E-state index is 11.6. The van der Waals surface area contributed by atoms with Crippen molar-refractivity contribution < 1.29 is 9.53 Å². The average Bonchev–Trinajstić information content (AvgIpc) is 2.76. The van der Waals surface area contributed by atoms with Crippen molar-refractivity contribution in [3.05, 3.63) is 23.8 Å². The molecule has 3 N–H and O–H groups in total. The fraction of sp³-hybridized carbons (Fsp3) is 0.500. The zero-order chi connectivity index (χ0) is 13.4. The summed E-state index contributed by atoms with van der Waals surface area (Å²) >= 11 is 0. The van der Waals surface area contributed by atoms with Crippen molar-refractivity contribution in [3.63, 3.8) is 0 Å². The van der Waals surface area contributed by atoms with Gasteiger partial charge in [-0.3, -0.25) is 4.79 Å². The molecule has 2 heterocycles. The van der Waals surface area contributed by atoms with Crippen LogP contribution in [0.3, 0.4) is 0 Å². The molecule has 2 saturated heterocycles. The van der Waals surface area contributed by atoms with Crippen LogP contribution in [0.2, 0.25) is 0 Å². The quantitative estimate of drug-likeness (QED) is 0.779. The van der Waals surface area contributed by atoms with Gasteiger partial charge in [0, 0.05) is 25.7 Å². The highest BCUT2D eigenvalue weighted by Gasteiger charge is 2.34. The van der Waals surface area contributed by atoms with Crippen LogP contribution in [0, 0.1) is 0 Å². The molecule has 1 amide bonds. The van der Waals surface area contributed by atoms with Crippen molar-refractivity contribution >= 4 is 17.3 Å². The molecule has 0 saturated carbocycles. The van der Waals surface area contributed by atoms with Gasteiger partial charge < -0.3 is 20.7 Å². The number of fused-ring (bicyclic) bond motifs is 2. The molecule has 2 bridgehead atoms. The molecule has 3 rings (SSSR count). The summed E-state index contributed by atoms with van der Waals surface area (Å²) in [5.74, 6) is -0.111. The minimum Gasteiger partial charge on any atom is -0.397 e. The number of nitrogen functional groups attached to an aromatic ring is 1. The number of amides is 1. The Balaban J connectivity index is 1.83. The number of anilines is 2. The van der Waals surface area contributed by atoms with Crippen molar-refractivity contribution in [1.82, 2.24) is 5.32 Å². The van der Waals surface area contributed by atoms with E-state index in [1.54, 1.807) is 13.1 Å². The molecule has 2 aliphatic heterocycles. The van der Waals surface area contributed by atoms with Gasteiger partial charge in [-0.2, -0.15) is 0 Å². The van der Waals surface area contributed by atoms with Crippen LogP contribution in [0.5, 0.6) is 0 Å². The number of nitrogens with two attached hydrogens (primary N) is 1. The summed E-state index contributed by atoms with van der Waals surface area (Å²) in [6.45, 7) is 1.78. The molecular formula is C14H19N3O2. The summed E-state index contributed by atoms with van der Waals surface area (Å²) in [4.78, 5) is 13.8. The number of ether oxygens (including phenoxy) is 1. The Bertz CT molecular complexity index is 491. The van der Waals surface area contributed by atoms with Crippen LogP contribution >= 0.6 is 0 Å². The number of carbonyl (C=O) groups is 1. The number of benzene rings is 1. The van der Waals surface area contributed by atoms with Gasteiger partial charge in [-0.05, 0) is 31.0 Å². The van der Waals surface area contributed by atoms with Gasteiger partial charge in [0.25, 0.3) is 5.91 Å². The Labute approximate surface area is 112 Å². The maximum Gasteiger partial charge on any atom is 0.251 e. The van der Waals surface area contributed by atoms with Crippen LogP contribution in [0.15, 0.2) is 18.2 Å². The highest BCUT2D eigenvalue weighted by Crippen LogP contribution is 2.32. The molecule has 0 radical (unpaired) electrons. The lowest BCUT2D eigenvalue weighted by atomic mass is 10.1. The number of carbonyl (C=O) groups excluding carboxylic acids is 1. The molecule has 19 heavy (non-hydrogen) atoms. The lowest BCUT2D eigenvalue weighted by Crippen LogP contribution is -2.42. The molecule has 2 atom stereocenters. The molecule has 5 heteroatoms. The van der Waals surface area contributed by atoms with Gasteiger partial charge in [-0.25, -0.2) is 0 Å². The Hall–Kier alpha value is -1.75. The molecule has 0 aliphatic carbocycles. The minimum absolute atomic E-state index is 0.111. The summed E-state index contributed by atoms with van der Waals surface area (Å²) in [5, 5.41) is 2.60. The summed E-state index contributed by atoms with van der Waals surface area (Å²) in [6, 6.07) is 5.50. The molecule has 0 aromatic heterocycles. The largest absolute Gasteiger partial charge is 0.397 e. The van der Waals surface area contributed by atoms with Crippen molar-refractivity contribution in [2.45, 2.75) is 25.0 Å². The van der Waals surface area contributed by atoms with Gasteiger partial charge in [-0.1, -0.05) is 0 Å². The SMILES string of the molecule is CNC(=O)c1ccc(N2CC3CCC(C2)O3)c(N)c1. The summed E-state index contributed by atoms with van der Waals surface area (Å²) < 4.78 is 5.82. The average molecular weight is 261 g/mol. The van der Waals surface area contributed by atoms with Gasteiger partial charge in [0.1, 0.15) is 0 Å². The number of nitrogens with zero attached hydrogens (tertiary/aromatic N) is 1. The zero-order valence-electron chi connectivity index (χ0n) is 11.1. The number of hydrogen-bond acceptors (Lipinski definition) is 4. The fourth-order valence-electron chi connectivity index (χ4n) is 2.94. The molecule has 1 aromatic carbocycles. The second-order valence-corrected chi connectivity index (χ2v) is 5.22. The van der Waals surface area contributed by atoms with Crippen LogP contribution in [0.25, 0.3) is 0 Å². The Morgan fingerprint density at radius 2 is 2.05 bits per heavy atom. The van der Waals surface area contributed by atoms with E-state index in [4.69, 9.17) is 10.5 Å². The van der Waals surface area contributed by atoms with Crippen LogP contribution in [0.4, 0.5) is 11.4 Å². The normalized spacial score (nSPS) is 25.4. The van der Waals surface area contributed by atoms with Gasteiger partial charge in [0.05, 0.1) is 23.6 Å². The first-order chi connectivity index (χ1) is 9.17. The molecule has 0 spiro atoms. The van der Waals surface area contributed by atoms with E-state index in [9.17, 15) is 4.79 Å². The van der Waals surface area contributed by atoms with E-state index in [0.29, 0.717) is 23.5 Å². The van der Waals surface area contributed by atoms with Crippen molar-refractivity contribution in [1.29, 1.82) is 0 Å². The third-order valence-corrected chi connectivity index (χ3v) is 3.90. The van der Waals surface area contributed by atoms with Gasteiger partial charge in [0.15, 0.2) is 0 Å². The highest BCUT2D eigenvalue weighted by molar-refractivity contribution is 5.96. The third-order valence-electron chi connectivity index (χ3n) is 3.90. The summed E-state index contributed by atoms with van der Waals surface area (Å²) in [5.41, 5.74) is 8.35. The second kappa shape index (κ2) is 4.74. The Kier molecular flexibility index (Phi) is 3.06. The maximum atomic E-state index is 11.6. The van der Waals surface area contributed by atoms with E-state index in [-0.39, 0.29) is 5.91 Å². The number of hydrogen-bond donors (Lipinski definition) is 2. The van der Waals surface area contributed by atoms with Crippen molar-refractivity contribution in [2.75, 3.05) is 30.8 Å². The smallest absolute Gasteiger partial charge is 0.251 e. The molecule has 5 nitrogen and oxygen atoms in total. The molecule has 1 aromatic rings. The molecule has 2 fully saturated rings. The van der Waals surface area contributed by atoms with Crippen molar-refractivity contribution in [3.8, 4) is 0 Å². The third kappa shape index (κ3) is 2.26. The Morgan fingerprint density at radius 3 is 2.63 bits per heavy atom. The predicted molar refractivity (Wildman–Crippen MR) is 74.4 cm³/mol. The minimum atomic E-state index is -0.111. The van der Waals surface area contributed by atoms with Crippen LogP contribution in [-0.2, 0) is 4.74 Å². The van der Waals surface area contributed by atoms with E-state index in [1.165, 1.54) is 0 Å². The van der Waals surface area contributed by atoms with Gasteiger partial charge >= 0.3 is 0 Å². The van der Waals surface area contributed by atoms with E-state index < -0.39 is 0 Å². The Morgan fingerprint density at radius 1 is 1.37 bits per heavy atom. The summed E-state index contributed by atoms with van der Waals surface area (Å²) in [6.07, 6.45) is 2.93. The van der Waals surface area contributed by atoms with E-state index in [2.05, 4.69) is 10.2 Å². The lowest BCUT2D eigenvalue weighted by Gasteiger charge is -2.34. The molecule has 2 aliphatic rings. The fourth-order valence-corrected chi connectivity index (χ4v) is 2.94. The van der Waals surface area contributed by atoms with Gasteiger partial charge in [0.2, 0.25) is 0 Å². The lowest BCUT2D eigenvalue weighted by molar-refractivity contribution is 0.0305. The first kappa shape index (κ1) is 12.3. The van der Waals surface area contributed by atoms with E-state index >= 15 is 0 Å². The van der Waals surface area contributed by atoms with Crippen LogP contribution < -0.4 is 16.0 Å². The van der Waals surface area contributed by atoms with Crippen LogP contribution in [-0.4, -0.2) is 38.3 Å². The topological polar surface area (TPSA) is 67.6 Å². The summed E-state index contributed by atoms with van der Waals surface area (Å²) in [7, 11) is 1.62. The molecule has 102 valence electrons. The number of rotatable bonds is 2.